The van der Waals surface area contributed by atoms with Crippen molar-refractivity contribution in [1.29, 1.82) is 0 Å². The number of fused-ring (bicyclic) bond motifs is 1. The number of aromatic nitrogens is 1. The number of anilines is 1. The van der Waals surface area contributed by atoms with Crippen LogP contribution in [-0.4, -0.2) is 66.0 Å². The quantitative estimate of drug-likeness (QED) is 0.926. The monoisotopic (exact) mass is 337 g/mol. The highest BCUT2D eigenvalue weighted by atomic mass is 32.1. The van der Waals surface area contributed by atoms with Gasteiger partial charge >= 0.3 is 6.09 Å². The summed E-state index contributed by atoms with van der Waals surface area (Å²) in [5.74, 6) is -0.00215. The Labute approximate surface area is 137 Å². The lowest BCUT2D eigenvalue weighted by atomic mass is 10.2. The van der Waals surface area contributed by atoms with Crippen LogP contribution in [-0.2, 0) is 9.53 Å². The second kappa shape index (κ2) is 6.31. The fourth-order valence-electron chi connectivity index (χ4n) is 2.75. The van der Waals surface area contributed by atoms with Gasteiger partial charge in [0.05, 0.1) is 29.5 Å². The topological polar surface area (TPSA) is 75.0 Å². The molecule has 0 spiro atoms. The summed E-state index contributed by atoms with van der Waals surface area (Å²) < 4.78 is 7.33. The Kier molecular flexibility index (Phi) is 4.38. The zero-order valence-corrected chi connectivity index (χ0v) is 13.9. The van der Waals surface area contributed by atoms with Crippen LogP contribution in [0.4, 0.5) is 9.80 Å². The molecule has 0 saturated carbocycles. The van der Waals surface area contributed by atoms with Crippen LogP contribution in [0, 0.1) is 0 Å². The summed E-state index contributed by atoms with van der Waals surface area (Å²) in [5, 5.41) is 9.90. The lowest BCUT2D eigenvalue weighted by Gasteiger charge is -2.33. The number of carbonyl (C=O) groups excluding carboxylic acids is 1. The van der Waals surface area contributed by atoms with Crippen molar-refractivity contribution in [3.05, 3.63) is 18.3 Å². The van der Waals surface area contributed by atoms with Crippen molar-refractivity contribution in [2.75, 3.05) is 38.3 Å². The van der Waals surface area contributed by atoms with Crippen molar-refractivity contribution < 1.29 is 19.4 Å². The first-order chi connectivity index (χ1) is 11.0. The van der Waals surface area contributed by atoms with Crippen molar-refractivity contribution in [3.8, 4) is 0 Å². The van der Waals surface area contributed by atoms with Crippen LogP contribution >= 0.6 is 11.3 Å². The first-order valence-electron chi connectivity index (χ1n) is 7.42. The van der Waals surface area contributed by atoms with Gasteiger partial charge in [-0.25, -0.2) is 4.79 Å². The molecule has 0 aromatic carbocycles. The Morgan fingerprint density at radius 3 is 2.74 bits per heavy atom. The highest BCUT2D eigenvalue weighted by Crippen LogP contribution is 2.33. The number of thiophene rings is 1. The Bertz CT molecular complexity index is 732. The van der Waals surface area contributed by atoms with E-state index in [1.165, 1.54) is 22.1 Å². The van der Waals surface area contributed by atoms with Crippen LogP contribution < -0.4 is 4.90 Å². The minimum absolute atomic E-state index is 0.00215. The number of carbonyl (C=O) groups is 2. The van der Waals surface area contributed by atoms with Crippen LogP contribution in [0.25, 0.3) is 10.2 Å². The van der Waals surface area contributed by atoms with E-state index in [2.05, 4.69) is 4.90 Å². The minimum atomic E-state index is -1.03. The molecule has 3 heterocycles. The van der Waals surface area contributed by atoms with E-state index in [1.54, 1.807) is 24.1 Å². The van der Waals surface area contributed by atoms with Crippen molar-refractivity contribution in [3.63, 3.8) is 0 Å². The van der Waals surface area contributed by atoms with E-state index in [0.29, 0.717) is 18.7 Å². The Hall–Kier alpha value is -1.90. The van der Waals surface area contributed by atoms with E-state index in [0.717, 1.165) is 22.8 Å². The largest absolute Gasteiger partial charge is 0.464 e. The van der Waals surface area contributed by atoms with Gasteiger partial charge in [-0.05, 0) is 19.1 Å². The molecule has 1 atom stereocenters. The number of likely N-dealkylation sites (N-methyl/N-ethyl adjacent to an activating group) is 1. The second-order valence-corrected chi connectivity index (χ2v) is 6.59. The molecule has 0 bridgehead atoms. The molecule has 23 heavy (non-hydrogen) atoms. The average molecular weight is 337 g/mol. The number of carboxylic acid groups (broad SMARTS) is 1. The van der Waals surface area contributed by atoms with Crippen LogP contribution in [0.1, 0.15) is 6.92 Å². The van der Waals surface area contributed by atoms with E-state index < -0.39 is 6.09 Å². The molecule has 1 aliphatic heterocycles. The normalized spacial score (nSPS) is 17.3. The van der Waals surface area contributed by atoms with E-state index in [4.69, 9.17) is 9.84 Å². The standard InChI is InChI=1S/C15H19N3O4S/c1-10(17-5-7-22-8-6-17)14(19)16(2)13-9-11-12(23-13)3-4-18(11)15(20)21/h3-4,9-10H,5-8H2,1-2H3,(H,20,21). The zero-order valence-electron chi connectivity index (χ0n) is 13.1. The first-order valence-corrected chi connectivity index (χ1v) is 8.24. The molecule has 7 nitrogen and oxygen atoms in total. The summed E-state index contributed by atoms with van der Waals surface area (Å²) >= 11 is 1.41. The third-order valence-electron chi connectivity index (χ3n) is 4.18. The number of hydrogen-bond acceptors (Lipinski definition) is 5. The van der Waals surface area contributed by atoms with Crippen LogP contribution in [0.3, 0.4) is 0 Å². The molecule has 124 valence electrons. The number of hydrogen-bond donors (Lipinski definition) is 1. The maximum atomic E-state index is 12.7. The molecule has 0 aliphatic carbocycles. The zero-order chi connectivity index (χ0) is 16.6. The van der Waals surface area contributed by atoms with E-state index >= 15 is 0 Å². The molecule has 2 aromatic heterocycles. The van der Waals surface area contributed by atoms with E-state index in [1.807, 2.05) is 6.92 Å². The second-order valence-electron chi connectivity index (χ2n) is 5.52. The molecule has 0 radical (unpaired) electrons. The van der Waals surface area contributed by atoms with Gasteiger partial charge in [0.1, 0.15) is 5.00 Å². The van der Waals surface area contributed by atoms with Gasteiger partial charge in [0.25, 0.3) is 0 Å². The van der Waals surface area contributed by atoms with Gasteiger partial charge in [-0.1, -0.05) is 0 Å². The maximum absolute atomic E-state index is 12.7. The summed E-state index contributed by atoms with van der Waals surface area (Å²) in [6.45, 7) is 4.68. The minimum Gasteiger partial charge on any atom is -0.464 e. The molecule has 2 aromatic rings. The molecule has 1 fully saturated rings. The summed E-state index contributed by atoms with van der Waals surface area (Å²) in [6.07, 6.45) is 0.492. The van der Waals surface area contributed by atoms with Gasteiger partial charge in [0, 0.05) is 26.3 Å². The van der Waals surface area contributed by atoms with Crippen LogP contribution in [0.15, 0.2) is 18.3 Å². The maximum Gasteiger partial charge on any atom is 0.416 e. The molecule has 3 rings (SSSR count). The third kappa shape index (κ3) is 2.97. The highest BCUT2D eigenvalue weighted by molar-refractivity contribution is 7.23. The fourth-order valence-corrected chi connectivity index (χ4v) is 3.77. The van der Waals surface area contributed by atoms with Crippen LogP contribution in [0.5, 0.6) is 0 Å². The lowest BCUT2D eigenvalue weighted by molar-refractivity contribution is -0.124. The van der Waals surface area contributed by atoms with Gasteiger partial charge in [-0.2, -0.15) is 0 Å². The summed E-state index contributed by atoms with van der Waals surface area (Å²) in [7, 11) is 1.73. The average Bonchev–Trinajstić information content (AvgIpc) is 3.13. The van der Waals surface area contributed by atoms with Crippen molar-refractivity contribution in [2.45, 2.75) is 13.0 Å². The molecule has 1 aliphatic rings. The highest BCUT2D eigenvalue weighted by Gasteiger charge is 2.27. The SMILES string of the molecule is CC(C(=O)N(C)c1cc2c(ccn2C(=O)O)s1)N1CCOCC1. The Balaban J connectivity index is 1.80. The number of rotatable bonds is 3. The molecule has 1 unspecified atom stereocenters. The van der Waals surface area contributed by atoms with Gasteiger partial charge in [0.2, 0.25) is 5.91 Å². The summed E-state index contributed by atoms with van der Waals surface area (Å²) in [6, 6.07) is 3.27. The van der Waals surface area contributed by atoms with Gasteiger partial charge < -0.3 is 14.7 Å². The molecule has 1 N–H and O–H groups in total. The Morgan fingerprint density at radius 1 is 1.39 bits per heavy atom. The third-order valence-corrected chi connectivity index (χ3v) is 5.35. The molecular weight excluding hydrogens is 318 g/mol. The molecule has 8 heteroatoms. The van der Waals surface area contributed by atoms with Gasteiger partial charge in [-0.3, -0.25) is 14.3 Å². The summed E-state index contributed by atoms with van der Waals surface area (Å²) in [5.41, 5.74) is 0.608. The number of nitrogens with zero attached hydrogens (tertiary/aromatic N) is 3. The lowest BCUT2D eigenvalue weighted by Crippen LogP contribution is -2.50. The van der Waals surface area contributed by atoms with E-state index in [9.17, 15) is 9.59 Å². The van der Waals surface area contributed by atoms with E-state index in [-0.39, 0.29) is 11.9 Å². The summed E-state index contributed by atoms with van der Waals surface area (Å²) in [4.78, 5) is 27.6. The number of ether oxygens (including phenoxy) is 1. The van der Waals surface area contributed by atoms with Gasteiger partial charge in [-0.15, -0.1) is 11.3 Å². The van der Waals surface area contributed by atoms with Crippen LogP contribution in [0.2, 0.25) is 0 Å². The van der Waals surface area contributed by atoms with Crippen molar-refractivity contribution in [1.82, 2.24) is 9.47 Å². The molecule has 1 saturated heterocycles. The molecule has 1 amide bonds. The van der Waals surface area contributed by atoms with Crippen molar-refractivity contribution >= 4 is 38.6 Å². The smallest absolute Gasteiger partial charge is 0.416 e. The predicted octanol–water partition coefficient (Wildman–Crippen LogP) is 1.91. The number of morpholine rings is 1. The number of amides is 1. The molecular formula is C15H19N3O4S. The Morgan fingerprint density at radius 2 is 2.09 bits per heavy atom. The predicted molar refractivity (Wildman–Crippen MR) is 88.5 cm³/mol. The van der Waals surface area contributed by atoms with Gasteiger partial charge in [0.15, 0.2) is 0 Å². The fraction of sp³-hybridized carbons (Fsp3) is 0.467. The first kappa shape index (κ1) is 16.0. The van der Waals surface area contributed by atoms with Crippen molar-refractivity contribution in [2.24, 2.45) is 0 Å².